The normalized spacial score (nSPS) is 11.2. The highest BCUT2D eigenvalue weighted by Gasteiger charge is 2.03. The molecule has 0 saturated heterocycles. The Balaban J connectivity index is 3.43. The summed E-state index contributed by atoms with van der Waals surface area (Å²) in [5.41, 5.74) is 0. The fraction of sp³-hybridized carbons (Fsp3) is 0.636. The molecule has 0 radical (unpaired) electrons. The lowest BCUT2D eigenvalue weighted by atomic mass is 10.0. The highest BCUT2D eigenvalue weighted by molar-refractivity contribution is 6.26. The first kappa shape index (κ1) is 12.7. The van der Waals surface area contributed by atoms with Crippen LogP contribution in [0, 0.1) is 5.92 Å². The maximum absolute atomic E-state index is 5.68. The van der Waals surface area contributed by atoms with Gasteiger partial charge in [0.25, 0.3) is 0 Å². The number of hydrogen-bond donors (Lipinski definition) is 0. The third-order valence-corrected chi connectivity index (χ3v) is 3.52. The van der Waals surface area contributed by atoms with Crippen LogP contribution in [0.25, 0.3) is 0 Å². The Morgan fingerprint density at radius 2 is 1.92 bits per heavy atom. The van der Waals surface area contributed by atoms with Crippen LogP contribution in [0.2, 0.25) is 6.04 Å². The molecular weight excluding hydrogens is 176 g/mol. The average molecular weight is 198 g/mol. The van der Waals surface area contributed by atoms with Gasteiger partial charge in [-0.15, -0.1) is 13.2 Å². The molecule has 0 amide bonds. The van der Waals surface area contributed by atoms with Crippen LogP contribution in [0.4, 0.5) is 0 Å². The van der Waals surface area contributed by atoms with Gasteiger partial charge in [0.15, 0.2) is 9.76 Å². The highest BCUT2D eigenvalue weighted by atomic mass is 28.2. The number of allylic oxidation sites excluding steroid dienone is 2. The zero-order valence-corrected chi connectivity index (χ0v) is 10.2. The molecule has 76 valence electrons. The van der Waals surface area contributed by atoms with E-state index in [-0.39, 0.29) is 9.76 Å². The minimum Gasteiger partial charge on any atom is -0.424 e. The fourth-order valence-corrected chi connectivity index (χ4v) is 2.19. The van der Waals surface area contributed by atoms with E-state index in [1.165, 1.54) is 12.5 Å². The Hall–Kier alpha value is -0.343. The lowest BCUT2D eigenvalue weighted by Crippen LogP contribution is -2.10. The van der Waals surface area contributed by atoms with Crippen LogP contribution in [0.5, 0.6) is 0 Å². The lowest BCUT2D eigenvalue weighted by Gasteiger charge is -2.12. The van der Waals surface area contributed by atoms with Crippen LogP contribution in [0.1, 0.15) is 26.2 Å². The molecule has 0 fully saturated rings. The Morgan fingerprint density at radius 3 is 2.38 bits per heavy atom. The quantitative estimate of drug-likeness (QED) is 0.314. The molecule has 1 nitrogen and oxygen atoms in total. The van der Waals surface area contributed by atoms with Crippen molar-refractivity contribution in [3.8, 4) is 0 Å². The summed E-state index contributed by atoms with van der Waals surface area (Å²) < 4.78 is 5.68. The minimum absolute atomic E-state index is 0.234. The van der Waals surface area contributed by atoms with Crippen LogP contribution in [-0.2, 0) is 4.43 Å². The predicted molar refractivity (Wildman–Crippen MR) is 62.7 cm³/mol. The van der Waals surface area contributed by atoms with Gasteiger partial charge >= 0.3 is 0 Å². The van der Waals surface area contributed by atoms with Crippen LogP contribution in [0.15, 0.2) is 25.3 Å². The maximum atomic E-state index is 5.68. The fourth-order valence-electron chi connectivity index (χ4n) is 1.20. The second-order valence-electron chi connectivity index (χ2n) is 3.34. The Bertz CT molecular complexity index is 124. The molecule has 0 saturated carbocycles. The van der Waals surface area contributed by atoms with Gasteiger partial charge in [-0.2, -0.15) is 0 Å². The average Bonchev–Trinajstić information content (AvgIpc) is 2.13. The van der Waals surface area contributed by atoms with Crippen molar-refractivity contribution in [1.29, 1.82) is 0 Å². The van der Waals surface area contributed by atoms with Crippen molar-refractivity contribution in [3.05, 3.63) is 25.3 Å². The Morgan fingerprint density at radius 1 is 1.31 bits per heavy atom. The van der Waals surface area contributed by atoms with Gasteiger partial charge in [0, 0.05) is 6.61 Å². The van der Waals surface area contributed by atoms with Gasteiger partial charge in [0.1, 0.15) is 0 Å². The SMILES string of the molecule is C=CCC(CC=C)CO[SiH2]CCC. The van der Waals surface area contributed by atoms with Crippen molar-refractivity contribution in [1.82, 2.24) is 0 Å². The van der Waals surface area contributed by atoms with E-state index >= 15 is 0 Å². The van der Waals surface area contributed by atoms with Crippen molar-refractivity contribution >= 4 is 9.76 Å². The summed E-state index contributed by atoms with van der Waals surface area (Å²) in [4.78, 5) is 0. The van der Waals surface area contributed by atoms with E-state index in [0.29, 0.717) is 5.92 Å². The number of rotatable bonds is 9. The highest BCUT2D eigenvalue weighted by Crippen LogP contribution is 2.10. The summed E-state index contributed by atoms with van der Waals surface area (Å²) in [5, 5.41) is 0. The molecule has 0 aliphatic heterocycles. The molecule has 0 aromatic rings. The molecule has 0 rings (SSSR count). The summed E-state index contributed by atoms with van der Waals surface area (Å²) in [6.07, 6.45) is 7.30. The largest absolute Gasteiger partial charge is 0.424 e. The molecule has 13 heavy (non-hydrogen) atoms. The van der Waals surface area contributed by atoms with E-state index in [1.54, 1.807) is 0 Å². The van der Waals surface area contributed by atoms with E-state index in [4.69, 9.17) is 4.43 Å². The van der Waals surface area contributed by atoms with Gasteiger partial charge in [-0.25, -0.2) is 0 Å². The van der Waals surface area contributed by atoms with Crippen LogP contribution in [-0.4, -0.2) is 16.4 Å². The first-order valence-corrected chi connectivity index (χ1v) is 6.72. The summed E-state index contributed by atoms with van der Waals surface area (Å²) in [6.45, 7) is 10.6. The van der Waals surface area contributed by atoms with Crippen molar-refractivity contribution in [3.63, 3.8) is 0 Å². The van der Waals surface area contributed by atoms with Gasteiger partial charge in [-0.3, -0.25) is 0 Å². The molecule has 0 spiro atoms. The Kier molecular flexibility index (Phi) is 9.49. The van der Waals surface area contributed by atoms with Crippen LogP contribution in [0.3, 0.4) is 0 Å². The second-order valence-corrected chi connectivity index (χ2v) is 4.87. The van der Waals surface area contributed by atoms with E-state index in [9.17, 15) is 0 Å². The molecule has 0 aromatic carbocycles. The summed E-state index contributed by atoms with van der Waals surface area (Å²) >= 11 is 0. The molecule has 0 aliphatic carbocycles. The van der Waals surface area contributed by atoms with Gasteiger partial charge in [-0.1, -0.05) is 25.5 Å². The van der Waals surface area contributed by atoms with Crippen molar-refractivity contribution in [2.24, 2.45) is 5.92 Å². The van der Waals surface area contributed by atoms with Crippen LogP contribution < -0.4 is 0 Å². The topological polar surface area (TPSA) is 9.23 Å². The van der Waals surface area contributed by atoms with Gasteiger partial charge in [-0.05, 0) is 24.8 Å². The third kappa shape index (κ3) is 8.00. The standard InChI is InChI=1S/C11H22OSi/c1-4-7-11(8-5-2)10-12-13-9-6-3/h4-5,11H,1-2,6-10,13H2,3H3. The van der Waals surface area contributed by atoms with Crippen molar-refractivity contribution in [2.75, 3.05) is 6.61 Å². The minimum atomic E-state index is -0.234. The summed E-state index contributed by atoms with van der Waals surface area (Å²) in [7, 11) is -0.234. The predicted octanol–water partition coefficient (Wildman–Crippen LogP) is 2.68. The smallest absolute Gasteiger partial charge is 0.161 e. The van der Waals surface area contributed by atoms with Crippen molar-refractivity contribution in [2.45, 2.75) is 32.2 Å². The third-order valence-electron chi connectivity index (χ3n) is 2.00. The van der Waals surface area contributed by atoms with E-state index < -0.39 is 0 Å². The zero-order valence-electron chi connectivity index (χ0n) is 8.80. The molecule has 2 heteroatoms. The molecule has 0 aliphatic rings. The molecule has 0 unspecified atom stereocenters. The molecule has 0 heterocycles. The first-order valence-electron chi connectivity index (χ1n) is 5.14. The maximum Gasteiger partial charge on any atom is 0.161 e. The Labute approximate surface area is 84.8 Å². The van der Waals surface area contributed by atoms with Gasteiger partial charge in [0.05, 0.1) is 0 Å². The zero-order chi connectivity index (χ0) is 9.94. The van der Waals surface area contributed by atoms with Crippen molar-refractivity contribution < 1.29 is 4.43 Å². The molecule has 0 bridgehead atoms. The summed E-state index contributed by atoms with van der Waals surface area (Å²) in [5.74, 6) is 0.611. The molecular formula is C11H22OSi. The molecule has 0 aromatic heterocycles. The van der Waals surface area contributed by atoms with E-state index in [2.05, 4.69) is 20.1 Å². The number of hydrogen-bond acceptors (Lipinski definition) is 1. The first-order chi connectivity index (χ1) is 6.35. The van der Waals surface area contributed by atoms with Crippen LogP contribution >= 0.6 is 0 Å². The molecule has 0 atom stereocenters. The van der Waals surface area contributed by atoms with Gasteiger partial charge in [0.2, 0.25) is 0 Å². The van der Waals surface area contributed by atoms with E-state index in [1.807, 2.05) is 12.2 Å². The lowest BCUT2D eigenvalue weighted by molar-refractivity contribution is 0.262. The molecule has 0 N–H and O–H groups in total. The van der Waals surface area contributed by atoms with Gasteiger partial charge < -0.3 is 4.43 Å². The van der Waals surface area contributed by atoms with E-state index in [0.717, 1.165) is 19.4 Å². The monoisotopic (exact) mass is 198 g/mol. The summed E-state index contributed by atoms with van der Waals surface area (Å²) in [6, 6.07) is 1.30. The second kappa shape index (κ2) is 9.74.